The molecule has 30 heavy (non-hydrogen) atoms. The molecule has 1 saturated heterocycles. The van der Waals surface area contributed by atoms with Gasteiger partial charge >= 0.3 is 0 Å². The first-order valence-electron chi connectivity index (χ1n) is 10.4. The topological polar surface area (TPSA) is 51.0 Å². The van der Waals surface area contributed by atoms with E-state index >= 15 is 0 Å². The predicted molar refractivity (Wildman–Crippen MR) is 119 cm³/mol. The maximum atomic E-state index is 11.7. The van der Waals surface area contributed by atoms with Crippen molar-refractivity contribution in [2.24, 2.45) is 5.92 Å². The van der Waals surface area contributed by atoms with Crippen molar-refractivity contribution in [2.45, 2.75) is 19.9 Å². The molecule has 5 nitrogen and oxygen atoms in total. The number of rotatable bonds is 4. The maximum Gasteiger partial charge on any atom is 0.219 e. The van der Waals surface area contributed by atoms with Crippen molar-refractivity contribution in [1.29, 1.82) is 0 Å². The van der Waals surface area contributed by atoms with Crippen molar-refractivity contribution >= 4 is 16.9 Å². The van der Waals surface area contributed by atoms with Crippen LogP contribution < -0.4 is 0 Å². The van der Waals surface area contributed by atoms with Crippen molar-refractivity contribution in [3.05, 3.63) is 73.1 Å². The minimum atomic E-state index is 0.161. The van der Waals surface area contributed by atoms with Gasteiger partial charge in [-0.1, -0.05) is 54.6 Å². The zero-order valence-electron chi connectivity index (χ0n) is 17.0. The first-order chi connectivity index (χ1) is 14.7. The molecule has 0 spiro atoms. The number of imidazole rings is 1. The number of carbonyl (C=O) groups excluding carboxylic acids is 1. The smallest absolute Gasteiger partial charge is 0.219 e. The van der Waals surface area contributed by atoms with E-state index in [1.807, 2.05) is 29.4 Å². The van der Waals surface area contributed by atoms with Gasteiger partial charge in [0, 0.05) is 38.3 Å². The van der Waals surface area contributed by atoms with Gasteiger partial charge in [0.15, 0.2) is 0 Å². The predicted octanol–water partition coefficient (Wildman–Crippen LogP) is 4.63. The molecule has 0 aliphatic carbocycles. The van der Waals surface area contributed by atoms with E-state index in [2.05, 4.69) is 58.1 Å². The third-order valence-electron chi connectivity index (χ3n) is 5.97. The van der Waals surface area contributed by atoms with E-state index in [9.17, 15) is 4.79 Å². The van der Waals surface area contributed by atoms with E-state index in [1.165, 1.54) is 11.1 Å². The lowest BCUT2D eigenvalue weighted by atomic mass is 10.0. The standard InChI is InChI=1S/C25H24N4O/c1-18(30)28-14-12-19(16-28)17-29-24-11-13-26-15-23(24)27-25(29)22-9-7-21(8-10-22)20-5-3-2-4-6-20/h2-11,13,15,19H,12,14,16-17H2,1H3/t19-/m1/s1. The molecule has 0 bridgehead atoms. The Morgan fingerprint density at radius 3 is 2.47 bits per heavy atom. The van der Waals surface area contributed by atoms with Gasteiger partial charge in [-0.15, -0.1) is 0 Å². The summed E-state index contributed by atoms with van der Waals surface area (Å²) in [5, 5.41) is 0. The summed E-state index contributed by atoms with van der Waals surface area (Å²) in [6.45, 7) is 4.15. The van der Waals surface area contributed by atoms with Crippen molar-refractivity contribution in [1.82, 2.24) is 19.4 Å². The number of carbonyl (C=O) groups is 1. The number of nitrogens with zero attached hydrogens (tertiary/aromatic N) is 4. The molecule has 4 aromatic rings. The number of aromatic nitrogens is 3. The number of hydrogen-bond acceptors (Lipinski definition) is 3. The van der Waals surface area contributed by atoms with E-state index in [0.29, 0.717) is 5.92 Å². The van der Waals surface area contributed by atoms with Gasteiger partial charge in [-0.3, -0.25) is 9.78 Å². The molecule has 1 atom stereocenters. The summed E-state index contributed by atoms with van der Waals surface area (Å²) in [6.07, 6.45) is 4.67. The molecule has 0 radical (unpaired) electrons. The summed E-state index contributed by atoms with van der Waals surface area (Å²) in [5.74, 6) is 1.55. The Balaban J connectivity index is 1.50. The van der Waals surface area contributed by atoms with Crippen LogP contribution in [0.4, 0.5) is 0 Å². The molecule has 1 aliphatic heterocycles. The SMILES string of the molecule is CC(=O)N1CC[C@@H](Cn2c(-c3ccc(-c4ccccc4)cc3)nc3cnccc32)C1. The fraction of sp³-hybridized carbons (Fsp3) is 0.240. The maximum absolute atomic E-state index is 11.7. The molecule has 2 aromatic carbocycles. The lowest BCUT2D eigenvalue weighted by Crippen LogP contribution is -2.26. The van der Waals surface area contributed by atoms with Gasteiger partial charge in [0.2, 0.25) is 5.91 Å². The van der Waals surface area contributed by atoms with Gasteiger partial charge in [-0.05, 0) is 29.5 Å². The highest BCUT2D eigenvalue weighted by atomic mass is 16.2. The number of fused-ring (bicyclic) bond motifs is 1. The van der Waals surface area contributed by atoms with Gasteiger partial charge in [0.25, 0.3) is 0 Å². The van der Waals surface area contributed by atoms with Gasteiger partial charge in [-0.25, -0.2) is 4.98 Å². The Kier molecular flexibility index (Phi) is 4.79. The molecule has 0 N–H and O–H groups in total. The molecule has 150 valence electrons. The largest absolute Gasteiger partial charge is 0.343 e. The minimum Gasteiger partial charge on any atom is -0.343 e. The van der Waals surface area contributed by atoms with E-state index in [-0.39, 0.29) is 5.91 Å². The molecule has 0 unspecified atom stereocenters. The number of likely N-dealkylation sites (tertiary alicyclic amines) is 1. The number of benzene rings is 2. The Morgan fingerprint density at radius 2 is 1.73 bits per heavy atom. The van der Waals surface area contributed by atoms with Crippen molar-refractivity contribution in [2.75, 3.05) is 13.1 Å². The van der Waals surface area contributed by atoms with Gasteiger partial charge in [0.05, 0.1) is 11.7 Å². The Morgan fingerprint density at radius 1 is 1.00 bits per heavy atom. The molecule has 5 rings (SSSR count). The lowest BCUT2D eigenvalue weighted by Gasteiger charge is -2.16. The Labute approximate surface area is 176 Å². The molecular weight excluding hydrogens is 372 g/mol. The summed E-state index contributed by atoms with van der Waals surface area (Å²) in [7, 11) is 0. The molecular formula is C25H24N4O. The van der Waals surface area contributed by atoms with E-state index in [1.54, 1.807) is 6.92 Å². The van der Waals surface area contributed by atoms with Crippen LogP contribution in [0.5, 0.6) is 0 Å². The number of pyridine rings is 1. The van der Waals surface area contributed by atoms with E-state index in [4.69, 9.17) is 4.98 Å². The van der Waals surface area contributed by atoms with Gasteiger partial charge in [-0.2, -0.15) is 0 Å². The van der Waals surface area contributed by atoms with Crippen LogP contribution in [0.25, 0.3) is 33.5 Å². The number of hydrogen-bond donors (Lipinski definition) is 0. The van der Waals surface area contributed by atoms with Crippen molar-refractivity contribution in [3.8, 4) is 22.5 Å². The summed E-state index contributed by atoms with van der Waals surface area (Å²) in [4.78, 5) is 22.8. The second kappa shape index (κ2) is 7.75. The van der Waals surface area contributed by atoms with Crippen LogP contribution >= 0.6 is 0 Å². The number of amides is 1. The first kappa shape index (κ1) is 18.6. The van der Waals surface area contributed by atoms with Crippen molar-refractivity contribution < 1.29 is 4.79 Å². The Hall–Kier alpha value is -3.47. The first-order valence-corrected chi connectivity index (χ1v) is 10.4. The third kappa shape index (κ3) is 3.47. The van der Waals surface area contributed by atoms with E-state index < -0.39 is 0 Å². The third-order valence-corrected chi connectivity index (χ3v) is 5.97. The second-order valence-corrected chi connectivity index (χ2v) is 7.97. The normalized spacial score (nSPS) is 16.3. The molecule has 2 aromatic heterocycles. The summed E-state index contributed by atoms with van der Waals surface area (Å²) in [6, 6.07) is 21.0. The summed E-state index contributed by atoms with van der Waals surface area (Å²) >= 11 is 0. The zero-order chi connectivity index (χ0) is 20.5. The average molecular weight is 396 g/mol. The summed E-state index contributed by atoms with van der Waals surface area (Å²) in [5.41, 5.74) is 5.48. The van der Waals surface area contributed by atoms with Crippen LogP contribution in [0.2, 0.25) is 0 Å². The monoisotopic (exact) mass is 396 g/mol. The lowest BCUT2D eigenvalue weighted by molar-refractivity contribution is -0.127. The molecule has 1 amide bonds. The fourth-order valence-electron chi connectivity index (χ4n) is 4.36. The highest BCUT2D eigenvalue weighted by molar-refractivity contribution is 5.80. The van der Waals surface area contributed by atoms with Crippen molar-refractivity contribution in [3.63, 3.8) is 0 Å². The van der Waals surface area contributed by atoms with Crippen LogP contribution in [0, 0.1) is 5.92 Å². The fourth-order valence-corrected chi connectivity index (χ4v) is 4.36. The van der Waals surface area contributed by atoms with Crippen LogP contribution in [-0.2, 0) is 11.3 Å². The quantitative estimate of drug-likeness (QED) is 0.505. The van der Waals surface area contributed by atoms with Crippen LogP contribution in [0.15, 0.2) is 73.1 Å². The molecule has 5 heteroatoms. The molecule has 0 saturated carbocycles. The van der Waals surface area contributed by atoms with E-state index in [0.717, 1.165) is 48.5 Å². The van der Waals surface area contributed by atoms with Gasteiger partial charge in [0.1, 0.15) is 11.3 Å². The molecule has 3 heterocycles. The van der Waals surface area contributed by atoms with Crippen LogP contribution in [-0.4, -0.2) is 38.4 Å². The second-order valence-electron chi connectivity index (χ2n) is 7.97. The molecule has 1 aliphatic rings. The van der Waals surface area contributed by atoms with Gasteiger partial charge < -0.3 is 9.47 Å². The highest BCUT2D eigenvalue weighted by Gasteiger charge is 2.26. The zero-order valence-corrected chi connectivity index (χ0v) is 17.0. The average Bonchev–Trinajstić information content (AvgIpc) is 3.40. The van der Waals surface area contributed by atoms with Crippen LogP contribution in [0.3, 0.4) is 0 Å². The Bertz CT molecular complexity index is 1180. The molecule has 1 fully saturated rings. The van der Waals surface area contributed by atoms with Crippen LogP contribution in [0.1, 0.15) is 13.3 Å². The summed E-state index contributed by atoms with van der Waals surface area (Å²) < 4.78 is 2.29. The highest BCUT2D eigenvalue weighted by Crippen LogP contribution is 2.29. The minimum absolute atomic E-state index is 0.161.